The van der Waals surface area contributed by atoms with Crippen LogP contribution in [0.15, 0.2) is 71.0 Å². The first-order valence-electron chi connectivity index (χ1n) is 7.72. The first kappa shape index (κ1) is 16.1. The predicted molar refractivity (Wildman–Crippen MR) is 102 cm³/mol. The highest BCUT2D eigenvalue weighted by atomic mass is 35.5. The molecule has 0 aliphatic carbocycles. The summed E-state index contributed by atoms with van der Waals surface area (Å²) in [5.74, 6) is -0.413. The molecule has 0 atom stereocenters. The minimum Gasteiger partial charge on any atom is -0.310 e. The first-order chi connectivity index (χ1) is 12.1. The summed E-state index contributed by atoms with van der Waals surface area (Å²) in [5.41, 5.74) is 2.20. The molecule has 124 valence electrons. The van der Waals surface area contributed by atoms with Gasteiger partial charge < -0.3 is 4.57 Å². The van der Waals surface area contributed by atoms with Crippen LogP contribution < -0.4 is 5.56 Å². The maximum atomic E-state index is 14.0. The Balaban J connectivity index is 1.74. The fourth-order valence-electron chi connectivity index (χ4n) is 2.81. The number of aromatic nitrogens is 1. The van der Waals surface area contributed by atoms with Crippen LogP contribution in [0.4, 0.5) is 4.39 Å². The van der Waals surface area contributed by atoms with Gasteiger partial charge in [0, 0.05) is 27.5 Å². The van der Waals surface area contributed by atoms with Crippen LogP contribution in [0.1, 0.15) is 5.56 Å². The molecule has 0 unspecified atom stereocenters. The monoisotopic (exact) mass is 369 g/mol. The third-order valence-electron chi connectivity index (χ3n) is 4.12. The van der Waals surface area contributed by atoms with Crippen molar-refractivity contribution in [2.24, 2.45) is 0 Å². The Morgan fingerprint density at radius 3 is 2.68 bits per heavy atom. The van der Waals surface area contributed by atoms with Gasteiger partial charge in [0.25, 0.3) is 5.56 Å². The van der Waals surface area contributed by atoms with E-state index >= 15 is 0 Å². The summed E-state index contributed by atoms with van der Waals surface area (Å²) >= 11 is 7.48. The Morgan fingerprint density at radius 2 is 1.84 bits per heavy atom. The van der Waals surface area contributed by atoms with Crippen LogP contribution in [0.5, 0.6) is 0 Å². The minimum atomic E-state index is -0.413. The van der Waals surface area contributed by atoms with E-state index in [1.807, 2.05) is 6.07 Å². The van der Waals surface area contributed by atoms with E-state index in [-0.39, 0.29) is 12.1 Å². The zero-order chi connectivity index (χ0) is 17.4. The van der Waals surface area contributed by atoms with Gasteiger partial charge in [-0.15, -0.1) is 11.3 Å². The van der Waals surface area contributed by atoms with Crippen molar-refractivity contribution in [1.82, 2.24) is 4.57 Å². The maximum Gasteiger partial charge on any atom is 0.250 e. The van der Waals surface area contributed by atoms with Crippen molar-refractivity contribution < 1.29 is 4.39 Å². The molecule has 2 heterocycles. The van der Waals surface area contributed by atoms with Gasteiger partial charge in [0.2, 0.25) is 0 Å². The Labute approximate surface area is 152 Å². The van der Waals surface area contributed by atoms with E-state index in [0.717, 1.165) is 11.1 Å². The standard InChI is InChI=1S/C20H13ClFNOS/c21-17-4-1-16(18(22)10-17)12-23-11-15(3-6-20(23)24)13-2-5-19-14(9-13)7-8-25-19/h1-11H,12H2. The topological polar surface area (TPSA) is 22.0 Å². The van der Waals surface area contributed by atoms with Gasteiger partial charge in [-0.05, 0) is 58.3 Å². The number of rotatable bonds is 3. The van der Waals surface area contributed by atoms with Gasteiger partial charge in [0.1, 0.15) is 5.82 Å². The van der Waals surface area contributed by atoms with Crippen LogP contribution in [0.3, 0.4) is 0 Å². The quantitative estimate of drug-likeness (QED) is 0.462. The summed E-state index contributed by atoms with van der Waals surface area (Å²) in [6, 6.07) is 16.1. The Bertz CT molecular complexity index is 1130. The average molecular weight is 370 g/mol. The maximum absolute atomic E-state index is 14.0. The van der Waals surface area contributed by atoms with Gasteiger partial charge in [-0.3, -0.25) is 4.79 Å². The number of nitrogens with zero attached hydrogens (tertiary/aromatic N) is 1. The van der Waals surface area contributed by atoms with Crippen LogP contribution >= 0.6 is 22.9 Å². The summed E-state index contributed by atoms with van der Waals surface area (Å²) in [6.07, 6.45) is 1.77. The molecule has 4 rings (SSSR count). The Kier molecular flexibility index (Phi) is 4.15. The Hall–Kier alpha value is -2.43. The normalized spacial score (nSPS) is 11.1. The lowest BCUT2D eigenvalue weighted by molar-refractivity contribution is 0.596. The molecular weight excluding hydrogens is 357 g/mol. The third kappa shape index (κ3) is 3.23. The summed E-state index contributed by atoms with van der Waals surface area (Å²) in [6.45, 7) is 0.163. The van der Waals surface area contributed by atoms with Crippen molar-refractivity contribution in [3.05, 3.63) is 92.9 Å². The van der Waals surface area contributed by atoms with Gasteiger partial charge in [-0.1, -0.05) is 23.7 Å². The van der Waals surface area contributed by atoms with Gasteiger partial charge in [0.15, 0.2) is 0 Å². The highest BCUT2D eigenvalue weighted by Crippen LogP contribution is 2.27. The summed E-state index contributed by atoms with van der Waals surface area (Å²) in [5, 5.41) is 3.56. The Morgan fingerprint density at radius 1 is 1.00 bits per heavy atom. The molecule has 4 aromatic rings. The molecule has 0 N–H and O–H groups in total. The smallest absolute Gasteiger partial charge is 0.250 e. The zero-order valence-corrected chi connectivity index (χ0v) is 14.7. The number of thiophene rings is 1. The van der Waals surface area contributed by atoms with Crippen LogP contribution in [0.2, 0.25) is 5.02 Å². The minimum absolute atomic E-state index is 0.163. The van der Waals surface area contributed by atoms with Gasteiger partial charge in [-0.25, -0.2) is 4.39 Å². The lowest BCUT2D eigenvalue weighted by Gasteiger charge is -2.10. The molecule has 0 spiro atoms. The average Bonchev–Trinajstić information content (AvgIpc) is 3.06. The number of hydrogen-bond acceptors (Lipinski definition) is 2. The van der Waals surface area contributed by atoms with E-state index in [1.165, 1.54) is 26.8 Å². The van der Waals surface area contributed by atoms with Gasteiger partial charge >= 0.3 is 0 Å². The van der Waals surface area contributed by atoms with Crippen LogP contribution in [0.25, 0.3) is 21.2 Å². The predicted octanol–water partition coefficient (Wildman–Crippen LogP) is 5.57. The lowest BCUT2D eigenvalue weighted by atomic mass is 10.1. The zero-order valence-electron chi connectivity index (χ0n) is 13.1. The number of hydrogen-bond donors (Lipinski definition) is 0. The SMILES string of the molecule is O=c1ccc(-c2ccc3sccc3c2)cn1Cc1ccc(Cl)cc1F. The molecule has 2 nitrogen and oxygen atoms in total. The summed E-state index contributed by atoms with van der Waals surface area (Å²) in [4.78, 5) is 12.2. The molecule has 0 amide bonds. The largest absolute Gasteiger partial charge is 0.310 e. The van der Waals surface area contributed by atoms with Crippen molar-refractivity contribution >= 4 is 33.0 Å². The highest BCUT2D eigenvalue weighted by molar-refractivity contribution is 7.17. The highest BCUT2D eigenvalue weighted by Gasteiger charge is 2.07. The molecule has 5 heteroatoms. The van der Waals surface area contributed by atoms with E-state index in [0.29, 0.717) is 10.6 Å². The van der Waals surface area contributed by atoms with E-state index < -0.39 is 5.82 Å². The van der Waals surface area contributed by atoms with E-state index in [2.05, 4.69) is 23.6 Å². The second kappa shape index (κ2) is 6.47. The third-order valence-corrected chi connectivity index (χ3v) is 5.26. The number of benzene rings is 2. The van der Waals surface area contributed by atoms with Crippen molar-refractivity contribution in [2.45, 2.75) is 6.54 Å². The molecule has 0 bridgehead atoms. The number of halogens is 2. The van der Waals surface area contributed by atoms with E-state index in [1.54, 1.807) is 35.7 Å². The molecule has 2 aromatic heterocycles. The molecular formula is C20H13ClFNOS. The molecule has 0 aliphatic rings. The fourth-order valence-corrected chi connectivity index (χ4v) is 3.74. The molecule has 0 saturated carbocycles. The van der Waals surface area contributed by atoms with E-state index in [9.17, 15) is 9.18 Å². The second-order valence-electron chi connectivity index (χ2n) is 5.79. The van der Waals surface area contributed by atoms with Gasteiger partial charge in [-0.2, -0.15) is 0 Å². The molecule has 2 aromatic carbocycles. The van der Waals surface area contributed by atoms with E-state index in [4.69, 9.17) is 11.6 Å². The number of fused-ring (bicyclic) bond motifs is 1. The second-order valence-corrected chi connectivity index (χ2v) is 7.18. The lowest BCUT2D eigenvalue weighted by Crippen LogP contribution is -2.19. The van der Waals surface area contributed by atoms with Crippen molar-refractivity contribution in [3.8, 4) is 11.1 Å². The molecule has 0 fully saturated rings. The summed E-state index contributed by atoms with van der Waals surface area (Å²) in [7, 11) is 0. The fraction of sp³-hybridized carbons (Fsp3) is 0.0500. The first-order valence-corrected chi connectivity index (χ1v) is 8.98. The molecule has 0 radical (unpaired) electrons. The van der Waals surface area contributed by atoms with Crippen LogP contribution in [-0.4, -0.2) is 4.57 Å². The van der Waals surface area contributed by atoms with Crippen molar-refractivity contribution in [2.75, 3.05) is 0 Å². The van der Waals surface area contributed by atoms with Crippen molar-refractivity contribution in [1.29, 1.82) is 0 Å². The van der Waals surface area contributed by atoms with Crippen LogP contribution in [-0.2, 0) is 6.54 Å². The summed E-state index contributed by atoms with van der Waals surface area (Å²) < 4.78 is 16.8. The molecule has 25 heavy (non-hydrogen) atoms. The molecule has 0 saturated heterocycles. The van der Waals surface area contributed by atoms with Crippen molar-refractivity contribution in [3.63, 3.8) is 0 Å². The van der Waals surface area contributed by atoms with Gasteiger partial charge in [0.05, 0.1) is 6.54 Å². The number of pyridine rings is 1. The molecule has 0 aliphatic heterocycles. The van der Waals surface area contributed by atoms with Crippen LogP contribution in [0, 0.1) is 5.82 Å².